The zero-order valence-corrected chi connectivity index (χ0v) is 10.2. The van der Waals surface area contributed by atoms with Crippen LogP contribution in [0.1, 0.15) is 10.4 Å². The molecule has 1 aromatic heterocycles. The van der Waals surface area contributed by atoms with Gasteiger partial charge in [0.25, 0.3) is 5.91 Å². The van der Waals surface area contributed by atoms with Gasteiger partial charge in [-0.3, -0.25) is 14.6 Å². The van der Waals surface area contributed by atoms with Crippen molar-refractivity contribution >= 4 is 11.9 Å². The molecule has 2 unspecified atom stereocenters. The standard InChI is InChI=1S/C12H13FN2O4/c1-15(10-6-19-5-9(10)12(17)18)11(16)7-2-8(13)4-14-3-7/h2-4,9-10H,5-6H2,1H3,(H,17,18). The molecule has 6 nitrogen and oxygen atoms in total. The van der Waals surface area contributed by atoms with E-state index in [1.807, 2.05) is 0 Å². The Kier molecular flexibility index (Phi) is 3.75. The summed E-state index contributed by atoms with van der Waals surface area (Å²) in [6.07, 6.45) is 2.24. The van der Waals surface area contributed by atoms with Crippen LogP contribution in [0.4, 0.5) is 4.39 Å². The lowest BCUT2D eigenvalue weighted by molar-refractivity contribution is -0.142. The summed E-state index contributed by atoms with van der Waals surface area (Å²) < 4.78 is 18.1. The molecule has 2 atom stereocenters. The van der Waals surface area contributed by atoms with Crippen LogP contribution < -0.4 is 0 Å². The van der Waals surface area contributed by atoms with Crippen LogP contribution in [0.5, 0.6) is 0 Å². The number of aromatic nitrogens is 1. The second-order valence-corrected chi connectivity index (χ2v) is 4.36. The van der Waals surface area contributed by atoms with E-state index in [1.165, 1.54) is 18.1 Å². The van der Waals surface area contributed by atoms with Crippen LogP contribution in [0.3, 0.4) is 0 Å². The number of ether oxygens (including phenoxy) is 1. The van der Waals surface area contributed by atoms with E-state index in [2.05, 4.69) is 4.98 Å². The lowest BCUT2D eigenvalue weighted by Crippen LogP contribution is -2.44. The number of carbonyl (C=O) groups excluding carboxylic acids is 1. The number of aliphatic carboxylic acids is 1. The van der Waals surface area contributed by atoms with Crippen molar-refractivity contribution in [1.82, 2.24) is 9.88 Å². The highest BCUT2D eigenvalue weighted by molar-refractivity contribution is 5.94. The molecular weight excluding hydrogens is 255 g/mol. The molecule has 19 heavy (non-hydrogen) atoms. The fraction of sp³-hybridized carbons (Fsp3) is 0.417. The zero-order chi connectivity index (χ0) is 14.0. The number of carboxylic acids is 1. The molecule has 2 rings (SSSR count). The summed E-state index contributed by atoms with van der Waals surface area (Å²) in [5.41, 5.74) is 0.0820. The molecule has 0 bridgehead atoms. The Morgan fingerprint density at radius 3 is 2.84 bits per heavy atom. The van der Waals surface area contributed by atoms with Gasteiger partial charge < -0.3 is 14.7 Å². The van der Waals surface area contributed by atoms with Crippen LogP contribution in [0.2, 0.25) is 0 Å². The molecule has 7 heteroatoms. The molecule has 1 saturated heterocycles. The molecule has 2 heterocycles. The minimum absolute atomic E-state index is 0.0685. The summed E-state index contributed by atoms with van der Waals surface area (Å²) in [7, 11) is 1.47. The normalized spacial score (nSPS) is 22.2. The van der Waals surface area contributed by atoms with Crippen molar-refractivity contribution in [3.8, 4) is 0 Å². The molecule has 1 aliphatic heterocycles. The highest BCUT2D eigenvalue weighted by Crippen LogP contribution is 2.20. The molecule has 1 aromatic rings. The number of hydrogen-bond donors (Lipinski definition) is 1. The van der Waals surface area contributed by atoms with Gasteiger partial charge >= 0.3 is 5.97 Å². The Balaban J connectivity index is 2.17. The van der Waals surface area contributed by atoms with Crippen LogP contribution in [-0.4, -0.2) is 53.2 Å². The van der Waals surface area contributed by atoms with Gasteiger partial charge in [0.2, 0.25) is 0 Å². The first-order valence-corrected chi connectivity index (χ1v) is 5.69. The maximum absolute atomic E-state index is 13.0. The Hall–Kier alpha value is -2.02. The Bertz CT molecular complexity index is 508. The molecule has 0 aliphatic carbocycles. The van der Waals surface area contributed by atoms with E-state index in [1.54, 1.807) is 0 Å². The predicted molar refractivity (Wildman–Crippen MR) is 62.0 cm³/mol. The summed E-state index contributed by atoms with van der Waals surface area (Å²) >= 11 is 0. The number of nitrogens with zero attached hydrogens (tertiary/aromatic N) is 2. The van der Waals surface area contributed by atoms with E-state index in [0.717, 1.165) is 12.3 Å². The van der Waals surface area contributed by atoms with Gasteiger partial charge in [0.1, 0.15) is 11.7 Å². The number of hydrogen-bond acceptors (Lipinski definition) is 4. The molecule has 1 aliphatic rings. The number of carboxylic acid groups (broad SMARTS) is 1. The number of carbonyl (C=O) groups is 2. The van der Waals surface area contributed by atoms with E-state index in [9.17, 15) is 14.0 Å². The van der Waals surface area contributed by atoms with E-state index in [-0.39, 0.29) is 18.8 Å². The largest absolute Gasteiger partial charge is 0.481 e. The minimum atomic E-state index is -1.01. The molecule has 1 amide bonds. The Labute approximate surface area is 108 Å². The highest BCUT2D eigenvalue weighted by atomic mass is 19.1. The number of likely N-dealkylation sites (N-methyl/N-ethyl adjacent to an activating group) is 1. The SMILES string of the molecule is CN(C(=O)c1cncc(F)c1)C1COCC1C(=O)O. The third-order valence-corrected chi connectivity index (χ3v) is 3.14. The van der Waals surface area contributed by atoms with Crippen molar-refractivity contribution in [3.05, 3.63) is 29.8 Å². The van der Waals surface area contributed by atoms with Crippen LogP contribution in [0.15, 0.2) is 18.5 Å². The number of pyridine rings is 1. The minimum Gasteiger partial charge on any atom is -0.481 e. The summed E-state index contributed by atoms with van der Waals surface area (Å²) in [5, 5.41) is 9.04. The van der Waals surface area contributed by atoms with E-state index in [0.29, 0.717) is 0 Å². The molecule has 0 aromatic carbocycles. The average molecular weight is 268 g/mol. The number of amides is 1. The summed E-state index contributed by atoms with van der Waals surface area (Å²) in [6, 6.07) is 0.505. The van der Waals surface area contributed by atoms with Crippen molar-refractivity contribution in [2.45, 2.75) is 6.04 Å². The van der Waals surface area contributed by atoms with Gasteiger partial charge in [-0.2, -0.15) is 0 Å². The van der Waals surface area contributed by atoms with Crippen LogP contribution >= 0.6 is 0 Å². The maximum atomic E-state index is 13.0. The van der Waals surface area contributed by atoms with Crippen molar-refractivity contribution in [3.63, 3.8) is 0 Å². The molecule has 0 spiro atoms. The van der Waals surface area contributed by atoms with Crippen LogP contribution in [0.25, 0.3) is 0 Å². The summed E-state index contributed by atoms with van der Waals surface area (Å²) in [5.74, 6) is -2.87. The van der Waals surface area contributed by atoms with E-state index in [4.69, 9.17) is 9.84 Å². The fourth-order valence-electron chi connectivity index (χ4n) is 2.04. The highest BCUT2D eigenvalue weighted by Gasteiger charge is 2.38. The molecule has 0 radical (unpaired) electrons. The lowest BCUT2D eigenvalue weighted by Gasteiger charge is -2.26. The quantitative estimate of drug-likeness (QED) is 0.858. The van der Waals surface area contributed by atoms with Crippen molar-refractivity contribution in [1.29, 1.82) is 0 Å². The molecule has 0 saturated carbocycles. The number of rotatable bonds is 3. The molecular formula is C12H13FN2O4. The van der Waals surface area contributed by atoms with Gasteiger partial charge in [-0.25, -0.2) is 4.39 Å². The zero-order valence-electron chi connectivity index (χ0n) is 10.2. The van der Waals surface area contributed by atoms with Crippen LogP contribution in [-0.2, 0) is 9.53 Å². The fourth-order valence-corrected chi connectivity index (χ4v) is 2.04. The van der Waals surface area contributed by atoms with Crippen molar-refractivity contribution in [2.75, 3.05) is 20.3 Å². The summed E-state index contributed by atoms with van der Waals surface area (Å²) in [6.45, 7) is 0.223. The first kappa shape index (κ1) is 13.4. The Morgan fingerprint density at radius 1 is 1.47 bits per heavy atom. The molecule has 102 valence electrons. The number of halogens is 1. The van der Waals surface area contributed by atoms with Gasteiger partial charge in [0.05, 0.1) is 31.0 Å². The molecule has 1 N–H and O–H groups in total. The predicted octanol–water partition coefficient (Wildman–Crippen LogP) is 0.392. The van der Waals surface area contributed by atoms with Crippen molar-refractivity contribution < 1.29 is 23.8 Å². The second-order valence-electron chi connectivity index (χ2n) is 4.36. The van der Waals surface area contributed by atoms with Gasteiger partial charge in [0.15, 0.2) is 0 Å². The summed E-state index contributed by atoms with van der Waals surface area (Å²) in [4.78, 5) is 28.0. The van der Waals surface area contributed by atoms with Gasteiger partial charge in [-0.1, -0.05) is 0 Å². The Morgan fingerprint density at radius 2 is 2.21 bits per heavy atom. The second kappa shape index (κ2) is 5.31. The van der Waals surface area contributed by atoms with Gasteiger partial charge in [0, 0.05) is 13.2 Å². The smallest absolute Gasteiger partial charge is 0.311 e. The third kappa shape index (κ3) is 2.70. The monoisotopic (exact) mass is 268 g/mol. The topological polar surface area (TPSA) is 79.7 Å². The van der Waals surface area contributed by atoms with E-state index >= 15 is 0 Å². The molecule has 1 fully saturated rings. The van der Waals surface area contributed by atoms with Gasteiger partial charge in [-0.15, -0.1) is 0 Å². The van der Waals surface area contributed by atoms with E-state index < -0.39 is 29.7 Å². The van der Waals surface area contributed by atoms with Gasteiger partial charge in [-0.05, 0) is 6.07 Å². The van der Waals surface area contributed by atoms with Crippen molar-refractivity contribution in [2.24, 2.45) is 5.92 Å². The first-order valence-electron chi connectivity index (χ1n) is 5.69. The average Bonchev–Trinajstić information content (AvgIpc) is 2.86. The maximum Gasteiger partial charge on any atom is 0.311 e. The first-order chi connectivity index (χ1) is 9.00. The third-order valence-electron chi connectivity index (χ3n) is 3.14. The van der Waals surface area contributed by atoms with Crippen LogP contribution in [0, 0.1) is 11.7 Å². The lowest BCUT2D eigenvalue weighted by atomic mass is 10.0.